The van der Waals surface area contributed by atoms with Gasteiger partial charge < -0.3 is 10.2 Å². The van der Waals surface area contributed by atoms with Gasteiger partial charge in [-0.25, -0.2) is 9.97 Å². The number of Topliss-reactive ketones (excluding diaryl/α,β-unsaturated/α-hetero) is 1. The lowest BCUT2D eigenvalue weighted by atomic mass is 10.1. The van der Waals surface area contributed by atoms with Crippen molar-refractivity contribution in [2.75, 3.05) is 23.3 Å². The zero-order valence-electron chi connectivity index (χ0n) is 18.0. The minimum atomic E-state index is 0.252. The van der Waals surface area contributed by atoms with Crippen molar-refractivity contribution in [3.8, 4) is 0 Å². The third kappa shape index (κ3) is 5.85. The first-order valence-electron chi connectivity index (χ1n) is 10.8. The van der Waals surface area contributed by atoms with Crippen LogP contribution in [0.4, 0.5) is 17.5 Å². The second kappa shape index (κ2) is 9.96. The van der Waals surface area contributed by atoms with Gasteiger partial charge in [0.25, 0.3) is 0 Å². The highest BCUT2D eigenvalue weighted by atomic mass is 32.2. The van der Waals surface area contributed by atoms with E-state index in [0.29, 0.717) is 18.0 Å². The monoisotopic (exact) mass is 436 g/mol. The summed E-state index contributed by atoms with van der Waals surface area (Å²) < 4.78 is 0. The highest BCUT2D eigenvalue weighted by molar-refractivity contribution is 7.99. The molecule has 8 heteroatoms. The Morgan fingerprint density at radius 3 is 2.55 bits per heavy atom. The molecule has 3 aromatic rings. The van der Waals surface area contributed by atoms with E-state index in [-0.39, 0.29) is 5.78 Å². The predicted molar refractivity (Wildman–Crippen MR) is 124 cm³/mol. The van der Waals surface area contributed by atoms with Gasteiger partial charge in [-0.3, -0.25) is 9.89 Å². The Morgan fingerprint density at radius 2 is 1.87 bits per heavy atom. The zero-order chi connectivity index (χ0) is 21.6. The van der Waals surface area contributed by atoms with Crippen molar-refractivity contribution in [2.24, 2.45) is 0 Å². The molecule has 0 amide bonds. The molecule has 1 fully saturated rings. The number of piperidine rings is 1. The summed E-state index contributed by atoms with van der Waals surface area (Å²) in [5.41, 5.74) is 2.03. The smallest absolute Gasteiger partial charge is 0.196 e. The van der Waals surface area contributed by atoms with Crippen molar-refractivity contribution in [2.45, 2.75) is 56.0 Å². The SMILES string of the molecule is CCC(=O)Cc1ccc(Sc2nc(Nc3cc(C)[nH]n3)cc(N3CCCCC3)n2)cc1. The van der Waals surface area contributed by atoms with Crippen LogP contribution in [0.5, 0.6) is 0 Å². The van der Waals surface area contributed by atoms with E-state index in [1.165, 1.54) is 31.0 Å². The molecule has 162 valence electrons. The zero-order valence-corrected chi connectivity index (χ0v) is 18.8. The van der Waals surface area contributed by atoms with Gasteiger partial charge >= 0.3 is 0 Å². The number of carbonyl (C=O) groups is 1. The molecule has 0 aliphatic carbocycles. The van der Waals surface area contributed by atoms with Crippen LogP contribution in [0.3, 0.4) is 0 Å². The Bertz CT molecular complexity index is 1030. The number of benzene rings is 1. The minimum absolute atomic E-state index is 0.252. The summed E-state index contributed by atoms with van der Waals surface area (Å²) in [6, 6.07) is 12.0. The normalized spacial score (nSPS) is 13.9. The van der Waals surface area contributed by atoms with E-state index in [4.69, 9.17) is 9.97 Å². The molecule has 31 heavy (non-hydrogen) atoms. The number of H-pyrrole nitrogens is 1. The quantitative estimate of drug-likeness (QED) is 0.485. The third-order valence-corrected chi connectivity index (χ3v) is 6.14. The standard InChI is InChI=1S/C23H28N6OS/c1-3-18(30)14-17-7-9-19(10-8-17)31-23-25-20(24-21-13-16(2)27-28-21)15-22(26-23)29-11-5-4-6-12-29/h7-10,13,15H,3-6,11-12,14H2,1-2H3,(H2,24,25,26,27,28). The number of hydrogen-bond acceptors (Lipinski definition) is 7. The summed E-state index contributed by atoms with van der Waals surface area (Å²) >= 11 is 1.53. The van der Waals surface area contributed by atoms with Gasteiger partial charge in [0.1, 0.15) is 17.4 Å². The highest BCUT2D eigenvalue weighted by Gasteiger charge is 2.16. The molecule has 0 saturated carbocycles. The van der Waals surface area contributed by atoms with E-state index in [9.17, 15) is 4.79 Å². The van der Waals surface area contributed by atoms with Crippen LogP contribution in [0.25, 0.3) is 0 Å². The maximum atomic E-state index is 11.7. The van der Waals surface area contributed by atoms with Gasteiger partial charge in [0, 0.05) is 48.7 Å². The van der Waals surface area contributed by atoms with Crippen LogP contribution < -0.4 is 10.2 Å². The number of rotatable bonds is 8. The number of anilines is 3. The van der Waals surface area contributed by atoms with Crippen LogP contribution in [0, 0.1) is 6.92 Å². The first-order chi connectivity index (χ1) is 15.1. The molecule has 0 atom stereocenters. The molecule has 2 aromatic heterocycles. The van der Waals surface area contributed by atoms with Gasteiger partial charge in [-0.2, -0.15) is 5.10 Å². The number of ketones is 1. The van der Waals surface area contributed by atoms with Crippen LogP contribution in [0.2, 0.25) is 0 Å². The number of aryl methyl sites for hydroxylation is 1. The predicted octanol–water partition coefficient (Wildman–Crippen LogP) is 4.91. The minimum Gasteiger partial charge on any atom is -0.356 e. The summed E-state index contributed by atoms with van der Waals surface area (Å²) in [7, 11) is 0. The Balaban J connectivity index is 1.56. The molecule has 3 heterocycles. The Labute approximate surface area is 187 Å². The summed E-state index contributed by atoms with van der Waals surface area (Å²) in [5.74, 6) is 2.66. The molecule has 2 N–H and O–H groups in total. The Hall–Kier alpha value is -2.87. The van der Waals surface area contributed by atoms with E-state index in [0.717, 1.165) is 46.7 Å². The van der Waals surface area contributed by atoms with Crippen molar-refractivity contribution in [3.63, 3.8) is 0 Å². The van der Waals surface area contributed by atoms with Crippen LogP contribution in [-0.4, -0.2) is 39.0 Å². The molecular formula is C23H28N6OS. The summed E-state index contributed by atoms with van der Waals surface area (Å²) in [4.78, 5) is 24.6. The van der Waals surface area contributed by atoms with E-state index in [1.807, 2.05) is 50.2 Å². The van der Waals surface area contributed by atoms with Gasteiger partial charge in [0.2, 0.25) is 0 Å². The highest BCUT2D eigenvalue weighted by Crippen LogP contribution is 2.30. The molecule has 7 nitrogen and oxygen atoms in total. The maximum Gasteiger partial charge on any atom is 0.196 e. The van der Waals surface area contributed by atoms with Crippen molar-refractivity contribution >= 4 is 35.0 Å². The van der Waals surface area contributed by atoms with Crippen LogP contribution in [0.1, 0.15) is 43.9 Å². The van der Waals surface area contributed by atoms with E-state index in [1.54, 1.807) is 0 Å². The molecule has 1 aliphatic heterocycles. The number of nitrogens with one attached hydrogen (secondary N) is 2. The molecule has 1 aliphatic rings. The van der Waals surface area contributed by atoms with Gasteiger partial charge in [-0.15, -0.1) is 0 Å². The number of hydrogen-bond donors (Lipinski definition) is 2. The van der Waals surface area contributed by atoms with Crippen molar-refractivity contribution < 1.29 is 4.79 Å². The second-order valence-corrected chi connectivity index (χ2v) is 8.86. The van der Waals surface area contributed by atoms with Crippen LogP contribution in [-0.2, 0) is 11.2 Å². The van der Waals surface area contributed by atoms with E-state index >= 15 is 0 Å². The lowest BCUT2D eigenvalue weighted by Crippen LogP contribution is -2.30. The first-order valence-corrected chi connectivity index (χ1v) is 11.6. The second-order valence-electron chi connectivity index (χ2n) is 7.82. The Morgan fingerprint density at radius 1 is 1.10 bits per heavy atom. The number of nitrogens with zero attached hydrogens (tertiary/aromatic N) is 4. The fraction of sp³-hybridized carbons (Fsp3) is 0.391. The molecule has 0 bridgehead atoms. The molecule has 4 rings (SSSR count). The molecule has 1 aromatic carbocycles. The van der Waals surface area contributed by atoms with Crippen molar-refractivity contribution in [1.29, 1.82) is 0 Å². The third-order valence-electron chi connectivity index (χ3n) is 5.26. The average Bonchev–Trinajstić information content (AvgIpc) is 3.20. The largest absolute Gasteiger partial charge is 0.356 e. The van der Waals surface area contributed by atoms with Gasteiger partial charge in [0.05, 0.1) is 0 Å². The number of aromatic nitrogens is 4. The summed E-state index contributed by atoms with van der Waals surface area (Å²) in [6.07, 6.45) is 4.70. The number of aromatic amines is 1. The van der Waals surface area contributed by atoms with E-state index in [2.05, 4.69) is 20.4 Å². The summed E-state index contributed by atoms with van der Waals surface area (Å²) in [6.45, 7) is 5.90. The number of carbonyl (C=O) groups excluding carboxylic acids is 1. The molecule has 0 unspecified atom stereocenters. The molecule has 0 radical (unpaired) electrons. The fourth-order valence-corrected chi connectivity index (χ4v) is 4.32. The van der Waals surface area contributed by atoms with Crippen molar-refractivity contribution in [1.82, 2.24) is 20.2 Å². The van der Waals surface area contributed by atoms with Crippen LogP contribution >= 0.6 is 11.8 Å². The van der Waals surface area contributed by atoms with Crippen LogP contribution in [0.15, 0.2) is 46.5 Å². The van der Waals surface area contributed by atoms with Gasteiger partial charge in [0.15, 0.2) is 11.0 Å². The van der Waals surface area contributed by atoms with E-state index < -0.39 is 0 Å². The molecular weight excluding hydrogens is 408 g/mol. The topological polar surface area (TPSA) is 86.8 Å². The Kier molecular flexibility index (Phi) is 6.86. The molecule has 1 saturated heterocycles. The maximum absolute atomic E-state index is 11.7. The summed E-state index contributed by atoms with van der Waals surface area (Å²) in [5, 5.41) is 11.2. The van der Waals surface area contributed by atoms with Gasteiger partial charge in [-0.05, 0) is 55.6 Å². The lowest BCUT2D eigenvalue weighted by molar-refractivity contribution is -0.118. The fourth-order valence-electron chi connectivity index (χ4n) is 3.55. The first kappa shape index (κ1) is 21.4. The molecule has 0 spiro atoms. The van der Waals surface area contributed by atoms with Crippen molar-refractivity contribution in [3.05, 3.63) is 47.7 Å². The van der Waals surface area contributed by atoms with Gasteiger partial charge in [-0.1, -0.05) is 19.1 Å². The lowest BCUT2D eigenvalue weighted by Gasteiger charge is -2.28. The average molecular weight is 437 g/mol.